The summed E-state index contributed by atoms with van der Waals surface area (Å²) in [7, 11) is 0. The van der Waals surface area contributed by atoms with Gasteiger partial charge in [0, 0.05) is 18.8 Å². The van der Waals surface area contributed by atoms with Crippen LogP contribution >= 0.6 is 11.3 Å². The summed E-state index contributed by atoms with van der Waals surface area (Å²) in [5.41, 5.74) is 8.33. The van der Waals surface area contributed by atoms with Crippen molar-refractivity contribution in [3.8, 4) is 0 Å². The standard InChI is InChI=1S/C11H15N3S/c1-9(12)11-6-13-8-14(11)4-2-10-3-5-15-7-10/h3,5-9H,2,4,12H2,1H3. The van der Waals surface area contributed by atoms with Gasteiger partial charge in [-0.2, -0.15) is 11.3 Å². The van der Waals surface area contributed by atoms with Gasteiger partial charge in [0.2, 0.25) is 0 Å². The fraction of sp³-hybridized carbons (Fsp3) is 0.364. The Hall–Kier alpha value is -1.13. The van der Waals surface area contributed by atoms with Crippen LogP contribution in [0.3, 0.4) is 0 Å². The molecule has 1 atom stereocenters. The second-order valence-electron chi connectivity index (χ2n) is 3.68. The van der Waals surface area contributed by atoms with E-state index >= 15 is 0 Å². The third-order valence-corrected chi connectivity index (χ3v) is 3.16. The van der Waals surface area contributed by atoms with Crippen LogP contribution in [-0.4, -0.2) is 9.55 Å². The van der Waals surface area contributed by atoms with Gasteiger partial charge in [-0.05, 0) is 35.7 Å². The maximum Gasteiger partial charge on any atom is 0.0948 e. The van der Waals surface area contributed by atoms with Crippen molar-refractivity contribution in [2.45, 2.75) is 25.9 Å². The highest BCUT2D eigenvalue weighted by Gasteiger charge is 2.06. The number of nitrogens with two attached hydrogens (primary N) is 1. The molecule has 0 aromatic carbocycles. The maximum atomic E-state index is 5.85. The molecule has 4 heteroatoms. The summed E-state index contributed by atoms with van der Waals surface area (Å²) in [5.74, 6) is 0. The highest BCUT2D eigenvalue weighted by molar-refractivity contribution is 7.07. The number of thiophene rings is 1. The molecule has 2 rings (SSSR count). The highest BCUT2D eigenvalue weighted by atomic mass is 32.1. The van der Waals surface area contributed by atoms with Crippen LogP contribution in [-0.2, 0) is 13.0 Å². The lowest BCUT2D eigenvalue weighted by molar-refractivity contribution is 0.624. The molecule has 2 N–H and O–H groups in total. The number of hydrogen-bond acceptors (Lipinski definition) is 3. The van der Waals surface area contributed by atoms with Crippen LogP contribution in [0.15, 0.2) is 29.4 Å². The summed E-state index contributed by atoms with van der Waals surface area (Å²) >= 11 is 1.74. The lowest BCUT2D eigenvalue weighted by atomic mass is 10.2. The van der Waals surface area contributed by atoms with Gasteiger partial charge in [0.05, 0.1) is 12.0 Å². The van der Waals surface area contributed by atoms with E-state index in [1.807, 2.05) is 19.4 Å². The monoisotopic (exact) mass is 221 g/mol. The van der Waals surface area contributed by atoms with Gasteiger partial charge in [0.25, 0.3) is 0 Å². The smallest absolute Gasteiger partial charge is 0.0948 e. The van der Waals surface area contributed by atoms with E-state index in [2.05, 4.69) is 26.4 Å². The first-order chi connectivity index (χ1) is 7.27. The molecule has 80 valence electrons. The van der Waals surface area contributed by atoms with Gasteiger partial charge in [0.1, 0.15) is 0 Å². The number of hydrogen-bond donors (Lipinski definition) is 1. The molecule has 0 spiro atoms. The quantitative estimate of drug-likeness (QED) is 0.860. The Morgan fingerprint density at radius 3 is 3.13 bits per heavy atom. The van der Waals surface area contributed by atoms with Crippen LogP contribution in [0.2, 0.25) is 0 Å². The predicted octanol–water partition coefficient (Wildman–Crippen LogP) is 2.21. The molecule has 15 heavy (non-hydrogen) atoms. The van der Waals surface area contributed by atoms with Crippen molar-refractivity contribution in [2.75, 3.05) is 0 Å². The molecule has 2 aromatic heterocycles. The van der Waals surface area contributed by atoms with Crippen LogP contribution in [0.25, 0.3) is 0 Å². The third-order valence-electron chi connectivity index (χ3n) is 2.43. The maximum absolute atomic E-state index is 5.85. The first kappa shape index (κ1) is 10.4. The zero-order chi connectivity index (χ0) is 10.7. The van der Waals surface area contributed by atoms with E-state index < -0.39 is 0 Å². The molecule has 0 saturated heterocycles. The molecule has 0 radical (unpaired) electrons. The molecule has 0 saturated carbocycles. The Morgan fingerprint density at radius 2 is 2.47 bits per heavy atom. The Balaban J connectivity index is 2.02. The Kier molecular flexibility index (Phi) is 3.18. The lowest BCUT2D eigenvalue weighted by Gasteiger charge is -2.09. The van der Waals surface area contributed by atoms with Crippen LogP contribution < -0.4 is 5.73 Å². The zero-order valence-corrected chi connectivity index (χ0v) is 9.57. The van der Waals surface area contributed by atoms with Crippen molar-refractivity contribution in [3.63, 3.8) is 0 Å². The molecule has 0 bridgehead atoms. The Morgan fingerprint density at radius 1 is 1.60 bits per heavy atom. The van der Waals surface area contributed by atoms with E-state index in [9.17, 15) is 0 Å². The van der Waals surface area contributed by atoms with Gasteiger partial charge in [-0.15, -0.1) is 0 Å². The largest absolute Gasteiger partial charge is 0.333 e. The summed E-state index contributed by atoms with van der Waals surface area (Å²) in [6.45, 7) is 2.94. The van der Waals surface area contributed by atoms with Gasteiger partial charge < -0.3 is 10.3 Å². The number of aryl methyl sites for hydroxylation is 2. The van der Waals surface area contributed by atoms with Crippen LogP contribution in [0, 0.1) is 0 Å². The van der Waals surface area contributed by atoms with Crippen molar-refractivity contribution < 1.29 is 0 Å². The van der Waals surface area contributed by atoms with Crippen molar-refractivity contribution >= 4 is 11.3 Å². The van der Waals surface area contributed by atoms with Crippen LogP contribution in [0.5, 0.6) is 0 Å². The minimum atomic E-state index is 0.0509. The summed E-state index contributed by atoms with van der Waals surface area (Å²) < 4.78 is 2.13. The Labute approximate surface area is 93.6 Å². The van der Waals surface area contributed by atoms with Gasteiger partial charge in [0.15, 0.2) is 0 Å². The van der Waals surface area contributed by atoms with Gasteiger partial charge in [-0.25, -0.2) is 4.98 Å². The second-order valence-corrected chi connectivity index (χ2v) is 4.46. The van der Waals surface area contributed by atoms with Crippen molar-refractivity contribution in [3.05, 3.63) is 40.6 Å². The molecular weight excluding hydrogens is 206 g/mol. The van der Waals surface area contributed by atoms with E-state index in [1.165, 1.54) is 5.56 Å². The third kappa shape index (κ3) is 2.46. The molecule has 0 aliphatic rings. The molecule has 0 aliphatic carbocycles. The predicted molar refractivity (Wildman–Crippen MR) is 62.9 cm³/mol. The van der Waals surface area contributed by atoms with E-state index in [0.717, 1.165) is 18.7 Å². The van der Waals surface area contributed by atoms with Gasteiger partial charge in [-0.3, -0.25) is 0 Å². The van der Waals surface area contributed by atoms with E-state index in [-0.39, 0.29) is 6.04 Å². The highest BCUT2D eigenvalue weighted by Crippen LogP contribution is 2.11. The molecule has 3 nitrogen and oxygen atoms in total. The molecule has 1 unspecified atom stereocenters. The van der Waals surface area contributed by atoms with Crippen LogP contribution in [0.1, 0.15) is 24.2 Å². The number of aromatic nitrogens is 2. The Bertz CT molecular complexity index is 403. The topological polar surface area (TPSA) is 43.8 Å². The summed E-state index contributed by atoms with van der Waals surface area (Å²) in [6.07, 6.45) is 4.74. The van der Waals surface area contributed by atoms with E-state index in [1.54, 1.807) is 11.3 Å². The molecular formula is C11H15N3S. The SMILES string of the molecule is CC(N)c1cncn1CCc1ccsc1. The summed E-state index contributed by atoms with van der Waals surface area (Å²) in [6, 6.07) is 2.21. The first-order valence-corrected chi connectivity index (χ1v) is 5.98. The molecule has 0 aliphatic heterocycles. The minimum absolute atomic E-state index is 0.0509. The first-order valence-electron chi connectivity index (χ1n) is 5.04. The zero-order valence-electron chi connectivity index (χ0n) is 8.76. The van der Waals surface area contributed by atoms with Gasteiger partial charge >= 0.3 is 0 Å². The fourth-order valence-electron chi connectivity index (χ4n) is 1.58. The normalized spacial score (nSPS) is 12.9. The minimum Gasteiger partial charge on any atom is -0.333 e. The van der Waals surface area contributed by atoms with Crippen molar-refractivity contribution in [2.24, 2.45) is 5.73 Å². The summed E-state index contributed by atoms with van der Waals surface area (Å²) in [4.78, 5) is 4.13. The second kappa shape index (κ2) is 4.59. The lowest BCUT2D eigenvalue weighted by Crippen LogP contribution is -2.12. The molecule has 2 heterocycles. The van der Waals surface area contributed by atoms with Crippen molar-refractivity contribution in [1.29, 1.82) is 0 Å². The average molecular weight is 221 g/mol. The van der Waals surface area contributed by atoms with Crippen molar-refractivity contribution in [1.82, 2.24) is 9.55 Å². The number of nitrogens with zero attached hydrogens (tertiary/aromatic N) is 2. The summed E-state index contributed by atoms with van der Waals surface area (Å²) in [5, 5.41) is 4.29. The molecule has 2 aromatic rings. The number of imidazole rings is 1. The van der Waals surface area contributed by atoms with E-state index in [0.29, 0.717) is 0 Å². The van der Waals surface area contributed by atoms with E-state index in [4.69, 9.17) is 5.73 Å². The fourth-order valence-corrected chi connectivity index (χ4v) is 2.28. The molecule has 0 fully saturated rings. The molecule has 0 amide bonds. The number of rotatable bonds is 4. The van der Waals surface area contributed by atoms with Gasteiger partial charge in [-0.1, -0.05) is 0 Å². The van der Waals surface area contributed by atoms with Crippen LogP contribution in [0.4, 0.5) is 0 Å². The average Bonchev–Trinajstić information content (AvgIpc) is 2.86.